The van der Waals surface area contributed by atoms with Gasteiger partial charge in [-0.2, -0.15) is 0 Å². The largest absolute Gasteiger partial charge is 0.488 e. The van der Waals surface area contributed by atoms with Crippen LogP contribution in [-0.4, -0.2) is 46.3 Å². The van der Waals surface area contributed by atoms with Gasteiger partial charge in [0.05, 0.1) is 10.5 Å². The molecule has 174 valence electrons. The van der Waals surface area contributed by atoms with Crippen LogP contribution in [0.25, 0.3) is 0 Å². The van der Waals surface area contributed by atoms with E-state index in [1.807, 2.05) is 45.0 Å². The van der Waals surface area contributed by atoms with E-state index in [9.17, 15) is 19.2 Å². The van der Waals surface area contributed by atoms with Crippen molar-refractivity contribution in [3.8, 4) is 5.75 Å². The summed E-state index contributed by atoms with van der Waals surface area (Å²) in [6.45, 7) is 5.89. The minimum absolute atomic E-state index is 0.0779. The zero-order valence-electron chi connectivity index (χ0n) is 19.1. The third-order valence-corrected chi connectivity index (χ3v) is 7.33. The Bertz CT molecular complexity index is 1270. The molecule has 3 aliphatic rings. The van der Waals surface area contributed by atoms with E-state index in [2.05, 4.69) is 10.6 Å². The van der Waals surface area contributed by atoms with Gasteiger partial charge in [-0.1, -0.05) is 36.4 Å². The molecule has 0 saturated carbocycles. The van der Waals surface area contributed by atoms with Crippen molar-refractivity contribution < 1.29 is 23.9 Å². The first kappa shape index (κ1) is 22.4. The van der Waals surface area contributed by atoms with Crippen LogP contribution in [-0.2, 0) is 16.0 Å². The molecule has 1 saturated heterocycles. The lowest BCUT2D eigenvalue weighted by atomic mass is 9.78. The van der Waals surface area contributed by atoms with Crippen molar-refractivity contribution in [2.75, 3.05) is 5.75 Å². The van der Waals surface area contributed by atoms with Crippen LogP contribution in [0.3, 0.4) is 0 Å². The molecule has 1 aliphatic carbocycles. The smallest absolute Gasteiger partial charge is 0.252 e. The zero-order chi connectivity index (χ0) is 24.3. The van der Waals surface area contributed by atoms with Gasteiger partial charge in [-0.05, 0) is 38.5 Å². The number of rotatable bonds is 3. The first-order valence-corrected chi connectivity index (χ1v) is 12.0. The van der Waals surface area contributed by atoms with Gasteiger partial charge in [0.2, 0.25) is 11.7 Å². The van der Waals surface area contributed by atoms with Crippen molar-refractivity contribution in [2.24, 2.45) is 0 Å². The lowest BCUT2D eigenvalue weighted by molar-refractivity contribution is -0.139. The summed E-state index contributed by atoms with van der Waals surface area (Å²) in [4.78, 5) is 53.0. The monoisotopic (exact) mass is 476 g/mol. The van der Waals surface area contributed by atoms with Crippen molar-refractivity contribution in [1.82, 2.24) is 10.6 Å². The number of ether oxygens (including phenoxy) is 1. The molecule has 8 heteroatoms. The van der Waals surface area contributed by atoms with E-state index in [4.69, 9.17) is 4.74 Å². The summed E-state index contributed by atoms with van der Waals surface area (Å²) in [6, 6.07) is 13.2. The van der Waals surface area contributed by atoms with E-state index in [0.29, 0.717) is 5.56 Å². The standard InChI is InChI=1S/C26H24N2O5S/c1-25(2,3)33-15-10-8-14(9-11-15)12-18-23(31)28-26(24(32)27-18)13-34-22-19(26)20(29)16-6-4-5-7-17(16)21(22)30/h4-11,18H,12-13H2,1-3H3,(H,27,32)(H,28,31)/t18-,26-/m0/s1. The maximum atomic E-state index is 13.3. The summed E-state index contributed by atoms with van der Waals surface area (Å²) in [6.07, 6.45) is 0.290. The minimum atomic E-state index is -1.54. The lowest BCUT2D eigenvalue weighted by Crippen LogP contribution is -2.71. The van der Waals surface area contributed by atoms with E-state index >= 15 is 0 Å². The number of nitrogens with one attached hydrogen (secondary N) is 2. The van der Waals surface area contributed by atoms with Gasteiger partial charge >= 0.3 is 0 Å². The highest BCUT2D eigenvalue weighted by atomic mass is 32.2. The number of benzene rings is 2. The van der Waals surface area contributed by atoms with E-state index in [1.54, 1.807) is 24.3 Å². The van der Waals surface area contributed by atoms with Crippen LogP contribution in [0.5, 0.6) is 5.75 Å². The van der Waals surface area contributed by atoms with E-state index < -0.39 is 23.3 Å². The Morgan fingerprint density at radius 1 is 0.971 bits per heavy atom. The maximum absolute atomic E-state index is 13.3. The molecule has 2 aromatic rings. The molecule has 2 atom stereocenters. The molecule has 1 fully saturated rings. The van der Waals surface area contributed by atoms with Gasteiger partial charge < -0.3 is 15.4 Å². The molecule has 5 rings (SSSR count). The number of amides is 2. The topological polar surface area (TPSA) is 102 Å². The van der Waals surface area contributed by atoms with Crippen molar-refractivity contribution in [1.29, 1.82) is 0 Å². The molecular weight excluding hydrogens is 452 g/mol. The fraction of sp³-hybridized carbons (Fsp3) is 0.308. The van der Waals surface area contributed by atoms with Crippen LogP contribution in [0.4, 0.5) is 0 Å². The molecule has 0 bridgehead atoms. The Labute approximate surface area is 201 Å². The average Bonchev–Trinajstić information content (AvgIpc) is 3.16. The van der Waals surface area contributed by atoms with Crippen LogP contribution < -0.4 is 15.4 Å². The Hall–Kier alpha value is -3.39. The predicted octanol–water partition coefficient (Wildman–Crippen LogP) is 2.84. The van der Waals surface area contributed by atoms with Crippen molar-refractivity contribution in [2.45, 2.75) is 44.4 Å². The fourth-order valence-electron chi connectivity index (χ4n) is 4.54. The average molecular weight is 477 g/mol. The molecule has 0 aromatic heterocycles. The van der Waals surface area contributed by atoms with Gasteiger partial charge in [0.15, 0.2) is 11.3 Å². The molecule has 34 heavy (non-hydrogen) atoms. The quantitative estimate of drug-likeness (QED) is 0.707. The van der Waals surface area contributed by atoms with Gasteiger partial charge in [0.25, 0.3) is 5.91 Å². The Morgan fingerprint density at radius 3 is 2.26 bits per heavy atom. The Morgan fingerprint density at radius 2 is 1.62 bits per heavy atom. The highest BCUT2D eigenvalue weighted by Gasteiger charge is 2.58. The normalized spacial score (nSPS) is 24.0. The Kier molecular flexibility index (Phi) is 5.16. The summed E-state index contributed by atoms with van der Waals surface area (Å²) >= 11 is 1.14. The third-order valence-electron chi connectivity index (χ3n) is 6.07. The van der Waals surface area contributed by atoms with Gasteiger partial charge in [-0.25, -0.2) is 0 Å². The van der Waals surface area contributed by atoms with Crippen molar-refractivity contribution in [3.05, 3.63) is 75.7 Å². The van der Waals surface area contributed by atoms with Crippen molar-refractivity contribution in [3.63, 3.8) is 0 Å². The highest BCUT2D eigenvalue weighted by Crippen LogP contribution is 2.46. The number of hydrogen-bond donors (Lipinski definition) is 2. The van der Waals surface area contributed by atoms with E-state index in [0.717, 1.165) is 23.1 Å². The zero-order valence-corrected chi connectivity index (χ0v) is 19.9. The number of carbonyl (C=O) groups excluding carboxylic acids is 4. The lowest BCUT2D eigenvalue weighted by Gasteiger charge is -2.38. The second kappa shape index (κ2) is 7.84. The SMILES string of the molecule is CC(C)(C)Oc1ccc(C[C@@H]2NC(=O)[C@@]3(CSC4=C3C(=O)c3ccccc3C4=O)NC2=O)cc1. The summed E-state index contributed by atoms with van der Waals surface area (Å²) < 4.78 is 5.83. The molecule has 2 N–H and O–H groups in total. The van der Waals surface area contributed by atoms with Gasteiger partial charge in [-0.15, -0.1) is 11.8 Å². The van der Waals surface area contributed by atoms with Gasteiger partial charge in [0.1, 0.15) is 17.4 Å². The number of piperazine rings is 1. The molecule has 2 aliphatic heterocycles. The van der Waals surface area contributed by atoms with Gasteiger partial charge in [0, 0.05) is 23.3 Å². The number of hydrogen-bond acceptors (Lipinski definition) is 6. The summed E-state index contributed by atoms with van der Waals surface area (Å²) in [5.74, 6) is -0.708. The summed E-state index contributed by atoms with van der Waals surface area (Å²) in [7, 11) is 0. The van der Waals surface area contributed by atoms with Crippen LogP contribution in [0.1, 0.15) is 47.1 Å². The summed E-state index contributed by atoms with van der Waals surface area (Å²) in [5, 5.41) is 5.61. The molecule has 0 radical (unpaired) electrons. The van der Waals surface area contributed by atoms with Crippen LogP contribution in [0.15, 0.2) is 59.0 Å². The Balaban J connectivity index is 1.37. The maximum Gasteiger partial charge on any atom is 0.252 e. The van der Waals surface area contributed by atoms with Crippen LogP contribution in [0.2, 0.25) is 0 Å². The number of Topliss-reactive ketones (excluding diaryl/α,β-unsaturated/α-hetero) is 2. The highest BCUT2D eigenvalue weighted by molar-refractivity contribution is 8.04. The number of fused-ring (bicyclic) bond motifs is 2. The minimum Gasteiger partial charge on any atom is -0.488 e. The van der Waals surface area contributed by atoms with Crippen molar-refractivity contribution >= 4 is 35.1 Å². The second-order valence-electron chi connectivity index (χ2n) is 9.68. The number of carbonyl (C=O) groups is 4. The van der Waals surface area contributed by atoms with E-state index in [1.165, 1.54) is 0 Å². The second-order valence-corrected chi connectivity index (χ2v) is 10.7. The third kappa shape index (κ3) is 3.62. The van der Waals surface area contributed by atoms with Crippen LogP contribution >= 0.6 is 11.8 Å². The van der Waals surface area contributed by atoms with Gasteiger partial charge in [-0.3, -0.25) is 19.2 Å². The first-order valence-electron chi connectivity index (χ1n) is 11.1. The predicted molar refractivity (Wildman–Crippen MR) is 128 cm³/mol. The summed E-state index contributed by atoms with van der Waals surface area (Å²) in [5.41, 5.74) is -0.341. The molecule has 1 spiro atoms. The first-order chi connectivity index (χ1) is 16.1. The van der Waals surface area contributed by atoms with E-state index in [-0.39, 0.29) is 45.5 Å². The molecule has 2 amide bonds. The molecule has 2 aromatic carbocycles. The molecular formula is C26H24N2O5S. The number of ketones is 2. The number of thioether (sulfide) groups is 1. The molecule has 2 heterocycles. The fourth-order valence-corrected chi connectivity index (χ4v) is 5.90. The molecule has 0 unspecified atom stereocenters. The van der Waals surface area contributed by atoms with Crippen LogP contribution in [0, 0.1) is 0 Å². The number of allylic oxidation sites excluding steroid dienone is 1. The molecule has 7 nitrogen and oxygen atoms in total.